The number of nitro groups is 1. The number of nitro benzene ring substituents is 1. The standard InChI is InChI=1S/C12H11N5O3/c13-12(14)16-15-7-10-4-5-11(20-10)8-2-1-3-9(6-8)17(18)19/h1-7H,(H4,13,14,16). The lowest BCUT2D eigenvalue weighted by Gasteiger charge is -1.96. The first-order valence-electron chi connectivity index (χ1n) is 5.53. The van der Waals surface area contributed by atoms with E-state index in [2.05, 4.69) is 10.2 Å². The van der Waals surface area contributed by atoms with Gasteiger partial charge in [0.15, 0.2) is 0 Å². The van der Waals surface area contributed by atoms with Crippen molar-refractivity contribution in [1.82, 2.24) is 0 Å². The molecule has 0 saturated heterocycles. The Labute approximate surface area is 113 Å². The number of furan rings is 1. The molecular weight excluding hydrogens is 262 g/mol. The van der Waals surface area contributed by atoms with Crippen LogP contribution >= 0.6 is 0 Å². The number of guanidine groups is 1. The van der Waals surface area contributed by atoms with Gasteiger partial charge in [0.05, 0.1) is 11.1 Å². The second-order valence-electron chi connectivity index (χ2n) is 3.78. The molecule has 0 atom stereocenters. The molecule has 1 aromatic heterocycles. The molecule has 1 heterocycles. The summed E-state index contributed by atoms with van der Waals surface area (Å²) >= 11 is 0. The van der Waals surface area contributed by atoms with Crippen molar-refractivity contribution in [2.24, 2.45) is 21.7 Å². The van der Waals surface area contributed by atoms with Gasteiger partial charge in [0, 0.05) is 17.7 Å². The highest BCUT2D eigenvalue weighted by atomic mass is 16.6. The van der Waals surface area contributed by atoms with Crippen molar-refractivity contribution in [3.05, 3.63) is 52.3 Å². The third kappa shape index (κ3) is 3.19. The highest BCUT2D eigenvalue weighted by Gasteiger charge is 2.09. The summed E-state index contributed by atoms with van der Waals surface area (Å²) in [5.41, 5.74) is 10.8. The van der Waals surface area contributed by atoms with E-state index in [0.29, 0.717) is 17.1 Å². The van der Waals surface area contributed by atoms with E-state index < -0.39 is 4.92 Å². The maximum Gasteiger partial charge on any atom is 0.270 e. The van der Waals surface area contributed by atoms with Crippen molar-refractivity contribution in [1.29, 1.82) is 0 Å². The smallest absolute Gasteiger partial charge is 0.270 e. The van der Waals surface area contributed by atoms with Crippen molar-refractivity contribution < 1.29 is 9.34 Å². The van der Waals surface area contributed by atoms with E-state index in [1.54, 1.807) is 24.3 Å². The van der Waals surface area contributed by atoms with Crippen LogP contribution in [0.15, 0.2) is 51.0 Å². The quantitative estimate of drug-likeness (QED) is 0.376. The van der Waals surface area contributed by atoms with Crippen LogP contribution in [0.5, 0.6) is 0 Å². The van der Waals surface area contributed by atoms with Gasteiger partial charge in [-0.05, 0) is 12.1 Å². The fourth-order valence-electron chi connectivity index (χ4n) is 1.50. The molecule has 8 nitrogen and oxygen atoms in total. The molecule has 0 saturated carbocycles. The number of rotatable bonds is 4. The van der Waals surface area contributed by atoms with Crippen molar-refractivity contribution in [3.8, 4) is 11.3 Å². The van der Waals surface area contributed by atoms with Crippen molar-refractivity contribution in [2.75, 3.05) is 0 Å². The zero-order chi connectivity index (χ0) is 14.5. The summed E-state index contributed by atoms with van der Waals surface area (Å²) in [4.78, 5) is 10.2. The van der Waals surface area contributed by atoms with Crippen LogP contribution in [0.25, 0.3) is 11.3 Å². The first-order valence-corrected chi connectivity index (χ1v) is 5.53. The van der Waals surface area contributed by atoms with Gasteiger partial charge in [-0.25, -0.2) is 0 Å². The molecule has 20 heavy (non-hydrogen) atoms. The van der Waals surface area contributed by atoms with E-state index in [1.807, 2.05) is 0 Å². The third-order valence-electron chi connectivity index (χ3n) is 2.33. The molecule has 0 bridgehead atoms. The lowest BCUT2D eigenvalue weighted by atomic mass is 10.1. The zero-order valence-corrected chi connectivity index (χ0v) is 10.3. The molecular formula is C12H11N5O3. The molecule has 0 amide bonds. The monoisotopic (exact) mass is 273 g/mol. The van der Waals surface area contributed by atoms with E-state index in [4.69, 9.17) is 15.9 Å². The van der Waals surface area contributed by atoms with Crippen LogP contribution in [0.3, 0.4) is 0 Å². The molecule has 0 aliphatic carbocycles. The Balaban J connectivity index is 2.24. The maximum absolute atomic E-state index is 10.7. The molecule has 0 aliphatic heterocycles. The van der Waals surface area contributed by atoms with Crippen molar-refractivity contribution in [2.45, 2.75) is 0 Å². The molecule has 8 heteroatoms. The fraction of sp³-hybridized carbons (Fsp3) is 0. The second kappa shape index (κ2) is 5.65. The molecule has 2 aromatic rings. The minimum Gasteiger partial charge on any atom is -0.455 e. The summed E-state index contributed by atoms with van der Waals surface area (Å²) in [7, 11) is 0. The number of nitrogens with two attached hydrogens (primary N) is 2. The van der Waals surface area contributed by atoms with Crippen LogP contribution in [0, 0.1) is 10.1 Å². The molecule has 102 valence electrons. The van der Waals surface area contributed by atoms with Crippen LogP contribution in [0.1, 0.15) is 5.76 Å². The second-order valence-corrected chi connectivity index (χ2v) is 3.78. The maximum atomic E-state index is 10.7. The summed E-state index contributed by atoms with van der Waals surface area (Å²) in [6.07, 6.45) is 1.33. The Morgan fingerprint density at radius 2 is 2.10 bits per heavy atom. The van der Waals surface area contributed by atoms with E-state index in [-0.39, 0.29) is 11.6 Å². The Morgan fingerprint density at radius 3 is 2.80 bits per heavy atom. The lowest BCUT2D eigenvalue weighted by molar-refractivity contribution is -0.384. The molecule has 0 spiro atoms. The average Bonchev–Trinajstić information content (AvgIpc) is 2.87. The summed E-state index contributed by atoms with van der Waals surface area (Å²) in [5, 5.41) is 17.7. The topological polar surface area (TPSA) is 133 Å². The number of hydrogen-bond donors (Lipinski definition) is 2. The van der Waals surface area contributed by atoms with Crippen LogP contribution in [-0.4, -0.2) is 17.1 Å². The van der Waals surface area contributed by atoms with Gasteiger partial charge in [-0.2, -0.15) is 5.10 Å². The fourth-order valence-corrected chi connectivity index (χ4v) is 1.50. The largest absolute Gasteiger partial charge is 0.455 e. The molecule has 0 aliphatic rings. The molecule has 0 unspecified atom stereocenters. The third-order valence-corrected chi connectivity index (χ3v) is 2.33. The Kier molecular flexibility index (Phi) is 3.75. The molecule has 1 aromatic carbocycles. The predicted octanol–water partition coefficient (Wildman–Crippen LogP) is 1.46. The van der Waals surface area contributed by atoms with Gasteiger partial charge in [-0.15, -0.1) is 5.10 Å². The molecule has 2 rings (SSSR count). The van der Waals surface area contributed by atoms with Crippen LogP contribution in [0.2, 0.25) is 0 Å². The van der Waals surface area contributed by atoms with Gasteiger partial charge in [0.2, 0.25) is 5.96 Å². The zero-order valence-electron chi connectivity index (χ0n) is 10.3. The van der Waals surface area contributed by atoms with Crippen molar-refractivity contribution in [3.63, 3.8) is 0 Å². The number of non-ortho nitro benzene ring substituents is 1. The van der Waals surface area contributed by atoms with Gasteiger partial charge in [-0.1, -0.05) is 12.1 Å². The lowest BCUT2D eigenvalue weighted by Crippen LogP contribution is -2.21. The van der Waals surface area contributed by atoms with Gasteiger partial charge >= 0.3 is 0 Å². The highest BCUT2D eigenvalue weighted by Crippen LogP contribution is 2.25. The normalized spacial score (nSPS) is 10.6. The SMILES string of the molecule is NC(N)=NN=Cc1ccc(-c2cccc([N+](=O)[O-])c2)o1. The van der Waals surface area contributed by atoms with E-state index in [9.17, 15) is 10.1 Å². The molecule has 0 radical (unpaired) electrons. The van der Waals surface area contributed by atoms with E-state index in [1.165, 1.54) is 18.3 Å². The number of benzene rings is 1. The summed E-state index contributed by atoms with van der Waals surface area (Å²) in [5.74, 6) is 0.753. The number of hydrogen-bond acceptors (Lipinski definition) is 5. The Morgan fingerprint density at radius 1 is 1.30 bits per heavy atom. The van der Waals surface area contributed by atoms with Gasteiger partial charge in [0.1, 0.15) is 11.5 Å². The first kappa shape index (κ1) is 13.3. The minimum absolute atomic E-state index is 0.00498. The summed E-state index contributed by atoms with van der Waals surface area (Å²) in [6.45, 7) is 0. The van der Waals surface area contributed by atoms with Crippen LogP contribution < -0.4 is 11.5 Å². The van der Waals surface area contributed by atoms with Crippen molar-refractivity contribution >= 4 is 17.9 Å². The van der Waals surface area contributed by atoms with Gasteiger partial charge in [0.25, 0.3) is 5.69 Å². The molecule has 4 N–H and O–H groups in total. The predicted molar refractivity (Wildman–Crippen MR) is 74.2 cm³/mol. The summed E-state index contributed by atoms with van der Waals surface area (Å²) < 4.78 is 5.46. The molecule has 0 fully saturated rings. The van der Waals surface area contributed by atoms with Crippen LogP contribution in [-0.2, 0) is 0 Å². The first-order chi connectivity index (χ1) is 9.56. The van der Waals surface area contributed by atoms with Gasteiger partial charge in [-0.3, -0.25) is 10.1 Å². The summed E-state index contributed by atoms with van der Waals surface area (Å²) in [6, 6.07) is 9.46. The number of nitrogens with zero attached hydrogens (tertiary/aromatic N) is 3. The van der Waals surface area contributed by atoms with Crippen LogP contribution in [0.4, 0.5) is 5.69 Å². The Bertz CT molecular complexity index is 686. The van der Waals surface area contributed by atoms with E-state index in [0.717, 1.165) is 0 Å². The average molecular weight is 273 g/mol. The van der Waals surface area contributed by atoms with Gasteiger partial charge < -0.3 is 15.9 Å². The highest BCUT2D eigenvalue weighted by molar-refractivity contribution is 5.80. The minimum atomic E-state index is -0.465. The van der Waals surface area contributed by atoms with E-state index >= 15 is 0 Å². The Hall–Kier alpha value is -3.16.